The summed E-state index contributed by atoms with van der Waals surface area (Å²) in [5.41, 5.74) is 8.70. The summed E-state index contributed by atoms with van der Waals surface area (Å²) in [6.07, 6.45) is 0. The third-order valence-corrected chi connectivity index (χ3v) is 11.6. The van der Waals surface area contributed by atoms with Crippen molar-refractivity contribution in [3.63, 3.8) is 0 Å². The molecule has 12 rings (SSSR count). The molecule has 0 radical (unpaired) electrons. The Hall–Kier alpha value is -7.88. The quantitative estimate of drug-likeness (QED) is 0.168. The number of anilines is 3. The number of rotatable bonds is 6. The molecule has 0 atom stereocenters. The fourth-order valence-corrected chi connectivity index (χ4v) is 8.96. The highest BCUT2D eigenvalue weighted by atomic mass is 16.3. The summed E-state index contributed by atoms with van der Waals surface area (Å²) >= 11 is 0. The highest BCUT2D eigenvalue weighted by Gasteiger charge is 2.21. The van der Waals surface area contributed by atoms with Gasteiger partial charge in [-0.2, -0.15) is 0 Å². The minimum Gasteiger partial charge on any atom is -0.455 e. The van der Waals surface area contributed by atoms with Crippen molar-refractivity contribution in [3.05, 3.63) is 218 Å². The maximum atomic E-state index is 9.87. The van der Waals surface area contributed by atoms with Crippen molar-refractivity contribution in [1.82, 2.24) is 4.57 Å². The lowest BCUT2D eigenvalue weighted by molar-refractivity contribution is 0.672. The highest BCUT2D eigenvalue weighted by Crippen LogP contribution is 2.45. The molecule has 2 heterocycles. The fourth-order valence-electron chi connectivity index (χ4n) is 8.96. The van der Waals surface area contributed by atoms with Gasteiger partial charge in [0.2, 0.25) is 0 Å². The fraction of sp³-hybridized carbons (Fsp3) is 0. The van der Waals surface area contributed by atoms with Crippen LogP contribution < -0.4 is 4.90 Å². The lowest BCUT2D eigenvalue weighted by Crippen LogP contribution is -2.10. The number of furan rings is 1. The van der Waals surface area contributed by atoms with Crippen molar-refractivity contribution in [2.45, 2.75) is 0 Å². The molecule has 0 saturated carbocycles. The third-order valence-electron chi connectivity index (χ3n) is 11.6. The Bertz CT molecular complexity index is 3740. The van der Waals surface area contributed by atoms with Crippen LogP contribution in [-0.2, 0) is 0 Å². The normalized spacial score (nSPS) is 12.7. The van der Waals surface area contributed by atoms with Crippen LogP contribution in [0.5, 0.6) is 0 Å². The smallest absolute Gasteiger partial charge is 0.143 e. The molecule has 0 aliphatic heterocycles. The topological polar surface area (TPSA) is 21.3 Å². The second-order valence-electron chi connectivity index (χ2n) is 15.0. The van der Waals surface area contributed by atoms with Gasteiger partial charge in [0.05, 0.1) is 27.6 Å². The largest absolute Gasteiger partial charge is 0.455 e. The van der Waals surface area contributed by atoms with Gasteiger partial charge in [0, 0.05) is 38.6 Å². The SMILES string of the molecule is [2H]c1c([2H])c(N(c2cccc(-c3cccc4ccccc34)c2)c2cccc3oc4c5ccccc5ccc4c23)c([2H])c([2H])c1-c1cccc(-n2c3ccccc3c3ccccc32)c1. The Morgan fingerprint density at radius 2 is 1.05 bits per heavy atom. The van der Waals surface area contributed by atoms with Gasteiger partial charge in [0.15, 0.2) is 0 Å². The van der Waals surface area contributed by atoms with Crippen LogP contribution in [0.3, 0.4) is 0 Å². The predicted octanol–water partition coefficient (Wildman–Crippen LogP) is 15.8. The van der Waals surface area contributed by atoms with Crippen LogP contribution in [0, 0.1) is 0 Å². The molecule has 0 spiro atoms. The number of para-hydroxylation sites is 2. The maximum absolute atomic E-state index is 9.87. The number of hydrogen-bond acceptors (Lipinski definition) is 2. The monoisotopic (exact) mass is 756 g/mol. The predicted molar refractivity (Wildman–Crippen MR) is 249 cm³/mol. The molecule has 2 aromatic heterocycles. The van der Waals surface area contributed by atoms with E-state index in [1.54, 1.807) is 0 Å². The molecule has 0 aliphatic rings. The third kappa shape index (κ3) is 5.36. The molecule has 0 fully saturated rings. The lowest BCUT2D eigenvalue weighted by Gasteiger charge is -2.27. The van der Waals surface area contributed by atoms with Gasteiger partial charge in [0.1, 0.15) is 11.2 Å². The van der Waals surface area contributed by atoms with Crippen molar-refractivity contribution >= 4 is 82.4 Å². The first kappa shape index (κ1) is 29.4. The zero-order valence-electron chi connectivity index (χ0n) is 35.8. The molecule has 0 N–H and O–H groups in total. The van der Waals surface area contributed by atoms with Crippen molar-refractivity contribution in [2.75, 3.05) is 4.90 Å². The van der Waals surface area contributed by atoms with Gasteiger partial charge in [-0.15, -0.1) is 0 Å². The number of nitrogens with zero attached hydrogens (tertiary/aromatic N) is 2. The number of aromatic nitrogens is 1. The van der Waals surface area contributed by atoms with Crippen molar-refractivity contribution in [1.29, 1.82) is 0 Å². The molecule has 0 unspecified atom stereocenters. The molecule has 12 aromatic rings. The van der Waals surface area contributed by atoms with Gasteiger partial charge in [0.25, 0.3) is 0 Å². The van der Waals surface area contributed by atoms with Gasteiger partial charge in [-0.25, -0.2) is 0 Å². The van der Waals surface area contributed by atoms with Gasteiger partial charge < -0.3 is 13.9 Å². The Balaban J connectivity index is 1.09. The summed E-state index contributed by atoms with van der Waals surface area (Å²) in [5.74, 6) is 0. The summed E-state index contributed by atoms with van der Waals surface area (Å²) in [4.78, 5) is 1.89. The zero-order chi connectivity index (χ0) is 42.3. The molecule has 0 aliphatic carbocycles. The Labute approximate surface area is 346 Å². The number of fused-ring (bicyclic) bond motifs is 9. The second kappa shape index (κ2) is 13.4. The Morgan fingerprint density at radius 3 is 1.85 bits per heavy atom. The minimum absolute atomic E-state index is 0.129. The number of hydrogen-bond donors (Lipinski definition) is 0. The molecule has 10 aromatic carbocycles. The van der Waals surface area contributed by atoms with E-state index in [4.69, 9.17) is 4.42 Å². The van der Waals surface area contributed by atoms with Gasteiger partial charge >= 0.3 is 0 Å². The Morgan fingerprint density at radius 1 is 0.424 bits per heavy atom. The van der Waals surface area contributed by atoms with Crippen LogP contribution in [0.1, 0.15) is 5.48 Å². The van der Waals surface area contributed by atoms with E-state index in [2.05, 4.69) is 95.6 Å². The first-order chi connectivity index (χ1) is 30.9. The van der Waals surface area contributed by atoms with E-state index in [0.717, 1.165) is 76.5 Å². The van der Waals surface area contributed by atoms with E-state index < -0.39 is 0 Å². The van der Waals surface area contributed by atoms with E-state index in [1.807, 2.05) is 108 Å². The average molecular weight is 757 g/mol. The second-order valence-corrected chi connectivity index (χ2v) is 15.0. The molecule has 276 valence electrons. The van der Waals surface area contributed by atoms with Crippen molar-refractivity contribution in [2.24, 2.45) is 0 Å². The van der Waals surface area contributed by atoms with Gasteiger partial charge in [-0.3, -0.25) is 0 Å². The van der Waals surface area contributed by atoms with Crippen molar-refractivity contribution in [3.8, 4) is 27.9 Å². The molecular weight excluding hydrogens is 717 g/mol. The van der Waals surface area contributed by atoms with Crippen LogP contribution in [0.25, 0.3) is 93.2 Å². The zero-order valence-corrected chi connectivity index (χ0v) is 31.8. The van der Waals surface area contributed by atoms with Gasteiger partial charge in [-0.05, 0) is 105 Å². The standard InChI is InChI=1S/C56H36N2O/c1-3-20-45-38(13-1)15-11-24-46(45)41-17-10-18-43(36-41)57(53-27-12-28-54-55(53)50-34-31-39-14-2-4-21-47(39)56(50)59-54)42-32-29-37(30-33-42)40-16-9-19-44(35-40)58-51-25-7-5-22-48(51)49-23-6-8-26-52(49)58/h1-36H/i29D,30D,32D,33D. The van der Waals surface area contributed by atoms with Crippen LogP contribution in [-0.4, -0.2) is 4.57 Å². The summed E-state index contributed by atoms with van der Waals surface area (Å²) < 4.78 is 48.0. The van der Waals surface area contributed by atoms with E-state index in [-0.39, 0.29) is 35.4 Å². The van der Waals surface area contributed by atoms with Gasteiger partial charge in [-0.1, -0.05) is 152 Å². The molecule has 3 nitrogen and oxygen atoms in total. The Kier molecular flexibility index (Phi) is 6.65. The van der Waals surface area contributed by atoms with E-state index >= 15 is 0 Å². The molecule has 0 saturated heterocycles. The van der Waals surface area contributed by atoms with E-state index in [9.17, 15) is 5.48 Å². The van der Waals surface area contributed by atoms with Crippen LogP contribution in [0.4, 0.5) is 17.1 Å². The van der Waals surface area contributed by atoms with Crippen molar-refractivity contribution < 1.29 is 9.90 Å². The molecule has 3 heteroatoms. The average Bonchev–Trinajstić information content (AvgIpc) is 3.89. The van der Waals surface area contributed by atoms with Crippen LogP contribution in [0.2, 0.25) is 0 Å². The maximum Gasteiger partial charge on any atom is 0.143 e. The molecular formula is C56H36N2O. The first-order valence-corrected chi connectivity index (χ1v) is 19.9. The molecule has 0 bridgehead atoms. The molecule has 0 amide bonds. The van der Waals surface area contributed by atoms with E-state index in [0.29, 0.717) is 22.5 Å². The summed E-state index contributed by atoms with van der Waals surface area (Å²) in [5, 5.41) is 8.24. The lowest BCUT2D eigenvalue weighted by atomic mass is 9.97. The summed E-state index contributed by atoms with van der Waals surface area (Å²) in [7, 11) is 0. The first-order valence-electron chi connectivity index (χ1n) is 21.9. The summed E-state index contributed by atoms with van der Waals surface area (Å²) in [6.45, 7) is 0. The minimum atomic E-state index is -0.154. The van der Waals surface area contributed by atoms with Crippen LogP contribution >= 0.6 is 0 Å². The number of benzene rings is 10. The van der Waals surface area contributed by atoms with E-state index in [1.165, 1.54) is 0 Å². The highest BCUT2D eigenvalue weighted by molar-refractivity contribution is 6.19. The van der Waals surface area contributed by atoms with Crippen LogP contribution in [0.15, 0.2) is 223 Å². The molecule has 59 heavy (non-hydrogen) atoms. The summed E-state index contributed by atoms with van der Waals surface area (Å²) in [6, 6.07) is 64.7.